The first kappa shape index (κ1) is 14.3. The quantitative estimate of drug-likeness (QED) is 0.803. The Morgan fingerprint density at radius 2 is 2.29 bits per heavy atom. The van der Waals surface area contributed by atoms with Crippen molar-refractivity contribution in [2.24, 2.45) is 5.73 Å². The molecule has 0 spiro atoms. The average molecular weight is 269 g/mol. The van der Waals surface area contributed by atoms with Crippen molar-refractivity contribution in [3.8, 4) is 0 Å². The van der Waals surface area contributed by atoms with Gasteiger partial charge in [0.25, 0.3) is 0 Å². The van der Waals surface area contributed by atoms with Gasteiger partial charge in [-0.1, -0.05) is 12.2 Å². The molecule has 1 aromatic heterocycles. The molecule has 1 rings (SSSR count). The fourth-order valence-corrected chi connectivity index (χ4v) is 2.15. The van der Waals surface area contributed by atoms with Crippen LogP contribution in [0.2, 0.25) is 0 Å². The summed E-state index contributed by atoms with van der Waals surface area (Å²) in [6.07, 6.45) is 5.01. The molecular formula is C12H19N3S2. The minimum atomic E-state index is 0.391. The lowest BCUT2D eigenvalue weighted by atomic mass is 10.2. The molecule has 0 bridgehead atoms. The lowest BCUT2D eigenvalue weighted by molar-refractivity contribution is 0.662. The van der Waals surface area contributed by atoms with Crippen LogP contribution in [-0.2, 0) is 0 Å². The van der Waals surface area contributed by atoms with Gasteiger partial charge in [-0.05, 0) is 37.5 Å². The molecule has 0 aliphatic rings. The molecule has 0 fully saturated rings. The van der Waals surface area contributed by atoms with Crippen LogP contribution in [0.3, 0.4) is 0 Å². The number of thiocarbonyl (C=S) groups is 1. The van der Waals surface area contributed by atoms with Gasteiger partial charge in [0.1, 0.15) is 10.8 Å². The van der Waals surface area contributed by atoms with Crippen LogP contribution in [0.1, 0.15) is 18.9 Å². The van der Waals surface area contributed by atoms with Crippen molar-refractivity contribution in [1.29, 1.82) is 0 Å². The predicted molar refractivity (Wildman–Crippen MR) is 81.0 cm³/mol. The van der Waals surface area contributed by atoms with Crippen LogP contribution in [0, 0.1) is 0 Å². The molecule has 1 aromatic rings. The second-order valence-electron chi connectivity index (χ2n) is 4.01. The van der Waals surface area contributed by atoms with Crippen LogP contribution >= 0.6 is 24.0 Å². The van der Waals surface area contributed by atoms with Crippen molar-refractivity contribution >= 4 is 34.8 Å². The van der Waals surface area contributed by atoms with E-state index in [-0.39, 0.29) is 0 Å². The van der Waals surface area contributed by atoms with E-state index in [9.17, 15) is 0 Å². The van der Waals surface area contributed by atoms with Crippen molar-refractivity contribution in [1.82, 2.24) is 4.98 Å². The molecular weight excluding hydrogens is 250 g/mol. The molecule has 0 amide bonds. The van der Waals surface area contributed by atoms with Crippen molar-refractivity contribution < 1.29 is 0 Å². The molecule has 1 unspecified atom stereocenters. The minimum Gasteiger partial charge on any atom is -0.389 e. The highest BCUT2D eigenvalue weighted by atomic mass is 32.2. The molecule has 0 aliphatic heterocycles. The Bertz CT molecular complexity index is 365. The van der Waals surface area contributed by atoms with Crippen LogP contribution in [0.15, 0.2) is 18.3 Å². The van der Waals surface area contributed by atoms with Gasteiger partial charge < -0.3 is 10.6 Å². The van der Waals surface area contributed by atoms with E-state index in [4.69, 9.17) is 18.0 Å². The topological polar surface area (TPSA) is 42.1 Å². The largest absolute Gasteiger partial charge is 0.389 e. The first-order chi connectivity index (χ1) is 8.06. The van der Waals surface area contributed by atoms with Crippen LogP contribution in [0.4, 0.5) is 5.82 Å². The Labute approximate surface area is 113 Å². The van der Waals surface area contributed by atoms with E-state index in [2.05, 4.69) is 30.1 Å². The fourth-order valence-electron chi connectivity index (χ4n) is 1.45. The Balaban J connectivity index is 2.68. The van der Waals surface area contributed by atoms with Gasteiger partial charge in [-0.15, -0.1) is 0 Å². The van der Waals surface area contributed by atoms with Crippen LogP contribution in [-0.4, -0.2) is 35.1 Å². The Morgan fingerprint density at radius 3 is 2.76 bits per heavy atom. The first-order valence-electron chi connectivity index (χ1n) is 5.54. The van der Waals surface area contributed by atoms with Gasteiger partial charge in [-0.2, -0.15) is 11.8 Å². The third-order valence-electron chi connectivity index (χ3n) is 2.79. The SMILES string of the molecule is CSCCC(C)N(C)c1ccc(C(N)=S)cn1. The van der Waals surface area contributed by atoms with Gasteiger partial charge in [0.15, 0.2) is 0 Å². The maximum atomic E-state index is 5.54. The average Bonchev–Trinajstić information content (AvgIpc) is 2.35. The number of hydrogen-bond donors (Lipinski definition) is 1. The molecule has 94 valence electrons. The first-order valence-corrected chi connectivity index (χ1v) is 7.34. The number of aromatic nitrogens is 1. The van der Waals surface area contributed by atoms with Gasteiger partial charge in [-0.3, -0.25) is 0 Å². The summed E-state index contributed by atoms with van der Waals surface area (Å²) in [5.41, 5.74) is 6.35. The van der Waals surface area contributed by atoms with E-state index in [1.165, 1.54) is 0 Å². The number of thioether (sulfide) groups is 1. The van der Waals surface area contributed by atoms with Gasteiger partial charge in [0, 0.05) is 24.8 Å². The Morgan fingerprint density at radius 1 is 1.59 bits per heavy atom. The molecule has 1 atom stereocenters. The highest BCUT2D eigenvalue weighted by molar-refractivity contribution is 7.98. The standard InChI is InChI=1S/C12H19N3S2/c1-9(6-7-17-3)15(2)11-5-4-10(8-14-11)12(13)16/h4-5,8-9H,6-7H2,1-3H3,(H2,13,16). The normalized spacial score (nSPS) is 12.2. The molecule has 2 N–H and O–H groups in total. The molecule has 0 aromatic carbocycles. The van der Waals surface area contributed by atoms with Crippen molar-refractivity contribution in [3.63, 3.8) is 0 Å². The number of rotatable bonds is 6. The zero-order chi connectivity index (χ0) is 12.8. The van der Waals surface area contributed by atoms with Crippen molar-refractivity contribution in [2.75, 3.05) is 24.0 Å². The minimum absolute atomic E-state index is 0.391. The number of hydrogen-bond acceptors (Lipinski definition) is 4. The summed E-state index contributed by atoms with van der Waals surface area (Å²) in [5, 5.41) is 0. The van der Waals surface area contributed by atoms with E-state index in [1.54, 1.807) is 6.20 Å². The van der Waals surface area contributed by atoms with Gasteiger partial charge in [0.05, 0.1) is 0 Å². The van der Waals surface area contributed by atoms with E-state index < -0.39 is 0 Å². The molecule has 1 heterocycles. The summed E-state index contributed by atoms with van der Waals surface area (Å²) in [6.45, 7) is 2.21. The van der Waals surface area contributed by atoms with Crippen molar-refractivity contribution in [2.45, 2.75) is 19.4 Å². The Kier molecular flexibility index (Phi) is 5.71. The fraction of sp³-hybridized carbons (Fsp3) is 0.500. The molecule has 3 nitrogen and oxygen atoms in total. The van der Waals surface area contributed by atoms with E-state index in [0.717, 1.165) is 23.6 Å². The predicted octanol–water partition coefficient (Wildman–Crippen LogP) is 2.29. The number of anilines is 1. The Hall–Kier alpha value is -0.810. The van der Waals surface area contributed by atoms with E-state index in [0.29, 0.717) is 11.0 Å². The number of pyridine rings is 1. The summed E-state index contributed by atoms with van der Waals surface area (Å²) >= 11 is 6.77. The lowest BCUT2D eigenvalue weighted by Gasteiger charge is -2.25. The zero-order valence-corrected chi connectivity index (χ0v) is 12.1. The van der Waals surface area contributed by atoms with Gasteiger partial charge >= 0.3 is 0 Å². The summed E-state index contributed by atoms with van der Waals surface area (Å²) in [7, 11) is 2.06. The zero-order valence-electron chi connectivity index (χ0n) is 10.5. The van der Waals surface area contributed by atoms with Gasteiger partial charge in [0.2, 0.25) is 0 Å². The summed E-state index contributed by atoms with van der Waals surface area (Å²) in [6, 6.07) is 4.36. The summed E-state index contributed by atoms with van der Waals surface area (Å²) < 4.78 is 0. The molecule has 0 aliphatic carbocycles. The molecule has 0 radical (unpaired) electrons. The molecule has 5 heteroatoms. The summed E-state index contributed by atoms with van der Waals surface area (Å²) in [5.74, 6) is 2.12. The van der Waals surface area contributed by atoms with E-state index >= 15 is 0 Å². The third kappa shape index (κ3) is 4.16. The van der Waals surface area contributed by atoms with Crippen LogP contribution in [0.5, 0.6) is 0 Å². The van der Waals surface area contributed by atoms with Gasteiger partial charge in [-0.25, -0.2) is 4.98 Å². The highest BCUT2D eigenvalue weighted by Gasteiger charge is 2.10. The van der Waals surface area contributed by atoms with E-state index in [1.807, 2.05) is 23.9 Å². The summed E-state index contributed by atoms with van der Waals surface area (Å²) in [4.78, 5) is 6.95. The maximum Gasteiger partial charge on any atom is 0.128 e. The molecule has 0 saturated heterocycles. The molecule has 0 saturated carbocycles. The monoisotopic (exact) mass is 269 g/mol. The molecule has 17 heavy (non-hydrogen) atoms. The second-order valence-corrected chi connectivity index (χ2v) is 5.44. The van der Waals surface area contributed by atoms with Crippen LogP contribution in [0.25, 0.3) is 0 Å². The number of nitrogens with zero attached hydrogens (tertiary/aromatic N) is 2. The van der Waals surface area contributed by atoms with Crippen molar-refractivity contribution in [3.05, 3.63) is 23.9 Å². The number of nitrogens with two attached hydrogens (primary N) is 1. The second kappa shape index (κ2) is 6.81. The lowest BCUT2D eigenvalue weighted by Crippen LogP contribution is -2.30. The maximum absolute atomic E-state index is 5.54. The smallest absolute Gasteiger partial charge is 0.128 e. The van der Waals surface area contributed by atoms with Crippen LogP contribution < -0.4 is 10.6 Å². The highest BCUT2D eigenvalue weighted by Crippen LogP contribution is 2.15. The third-order valence-corrected chi connectivity index (χ3v) is 3.67.